The number of nitrogens with two attached hydrogens (primary N) is 1. The predicted molar refractivity (Wildman–Crippen MR) is 87.8 cm³/mol. The van der Waals surface area contributed by atoms with Crippen molar-refractivity contribution in [3.8, 4) is 5.75 Å². The molecule has 1 aromatic rings. The molecule has 1 saturated heterocycles. The molecule has 116 valence electrons. The van der Waals surface area contributed by atoms with Crippen molar-refractivity contribution in [1.82, 2.24) is 4.90 Å². The third-order valence-electron chi connectivity index (χ3n) is 3.81. The molecule has 4 nitrogen and oxygen atoms in total. The average molecular weight is 289 g/mol. The van der Waals surface area contributed by atoms with E-state index < -0.39 is 0 Å². The van der Waals surface area contributed by atoms with Crippen LogP contribution in [0.15, 0.2) is 29.3 Å². The molecule has 1 fully saturated rings. The van der Waals surface area contributed by atoms with Gasteiger partial charge in [0.25, 0.3) is 0 Å². The lowest BCUT2D eigenvalue weighted by atomic mass is 10.1. The summed E-state index contributed by atoms with van der Waals surface area (Å²) in [7, 11) is 0. The van der Waals surface area contributed by atoms with Crippen molar-refractivity contribution in [2.24, 2.45) is 10.7 Å². The summed E-state index contributed by atoms with van der Waals surface area (Å²) in [6, 6.07) is 8.21. The van der Waals surface area contributed by atoms with Gasteiger partial charge in [0.15, 0.2) is 5.96 Å². The highest BCUT2D eigenvalue weighted by Crippen LogP contribution is 2.14. The second kappa shape index (κ2) is 8.55. The van der Waals surface area contributed by atoms with Gasteiger partial charge in [0.2, 0.25) is 0 Å². The minimum absolute atomic E-state index is 0.698. The molecule has 0 spiro atoms. The number of guanidine groups is 1. The second-order valence-electron chi connectivity index (χ2n) is 5.47. The zero-order valence-corrected chi connectivity index (χ0v) is 13.1. The summed E-state index contributed by atoms with van der Waals surface area (Å²) in [5.41, 5.74) is 7.35. The number of rotatable bonds is 5. The van der Waals surface area contributed by atoms with Gasteiger partial charge >= 0.3 is 0 Å². The number of hydrogen-bond acceptors (Lipinski definition) is 2. The molecule has 0 aliphatic carbocycles. The van der Waals surface area contributed by atoms with Crippen molar-refractivity contribution >= 4 is 5.96 Å². The first kappa shape index (κ1) is 15.7. The SMILES string of the molecule is CCOc1cccc(CCN=C(N)N2CCCCCC2)c1. The van der Waals surface area contributed by atoms with Crippen LogP contribution >= 0.6 is 0 Å². The Hall–Kier alpha value is -1.71. The second-order valence-corrected chi connectivity index (χ2v) is 5.47. The zero-order chi connectivity index (χ0) is 14.9. The van der Waals surface area contributed by atoms with Crippen molar-refractivity contribution in [3.63, 3.8) is 0 Å². The molecule has 0 bridgehead atoms. The maximum atomic E-state index is 6.11. The van der Waals surface area contributed by atoms with Crippen LogP contribution in [0.25, 0.3) is 0 Å². The van der Waals surface area contributed by atoms with Crippen molar-refractivity contribution in [2.45, 2.75) is 39.0 Å². The van der Waals surface area contributed by atoms with Crippen LogP contribution in [0.4, 0.5) is 0 Å². The van der Waals surface area contributed by atoms with E-state index >= 15 is 0 Å². The summed E-state index contributed by atoms with van der Waals surface area (Å²) < 4.78 is 5.51. The highest BCUT2D eigenvalue weighted by molar-refractivity contribution is 5.78. The fraction of sp³-hybridized carbons (Fsp3) is 0.588. The van der Waals surface area contributed by atoms with Crippen molar-refractivity contribution in [3.05, 3.63) is 29.8 Å². The van der Waals surface area contributed by atoms with E-state index in [0.717, 1.165) is 31.8 Å². The maximum absolute atomic E-state index is 6.11. The van der Waals surface area contributed by atoms with Crippen LogP contribution in [0.3, 0.4) is 0 Å². The number of nitrogens with zero attached hydrogens (tertiary/aromatic N) is 2. The van der Waals surface area contributed by atoms with Crippen LogP contribution in [0.2, 0.25) is 0 Å². The summed E-state index contributed by atoms with van der Waals surface area (Å²) in [5.74, 6) is 1.64. The quantitative estimate of drug-likeness (QED) is 0.670. The standard InChI is InChI=1S/C17H27N3O/c1-2-21-16-9-7-8-15(14-16)10-11-19-17(18)20-12-5-3-4-6-13-20/h7-9,14H,2-6,10-13H2,1H3,(H2,18,19). The Bertz CT molecular complexity index is 451. The maximum Gasteiger partial charge on any atom is 0.191 e. The summed E-state index contributed by atoms with van der Waals surface area (Å²) in [6.45, 7) is 5.53. The van der Waals surface area contributed by atoms with E-state index in [4.69, 9.17) is 10.5 Å². The molecular weight excluding hydrogens is 262 g/mol. The van der Waals surface area contributed by atoms with Crippen molar-refractivity contribution in [1.29, 1.82) is 0 Å². The number of benzene rings is 1. The van der Waals surface area contributed by atoms with Crippen LogP contribution < -0.4 is 10.5 Å². The molecule has 1 aliphatic rings. The highest BCUT2D eigenvalue weighted by Gasteiger charge is 2.10. The van der Waals surface area contributed by atoms with Gasteiger partial charge in [-0.2, -0.15) is 0 Å². The Labute approximate surface area is 128 Å². The Morgan fingerprint density at radius 1 is 1.24 bits per heavy atom. The third-order valence-corrected chi connectivity index (χ3v) is 3.81. The van der Waals surface area contributed by atoms with Gasteiger partial charge in [-0.3, -0.25) is 4.99 Å². The summed E-state index contributed by atoms with van der Waals surface area (Å²) in [4.78, 5) is 6.77. The monoisotopic (exact) mass is 289 g/mol. The van der Waals surface area contributed by atoms with Gasteiger partial charge in [-0.05, 0) is 43.9 Å². The van der Waals surface area contributed by atoms with Gasteiger partial charge < -0.3 is 15.4 Å². The number of likely N-dealkylation sites (tertiary alicyclic amines) is 1. The average Bonchev–Trinajstić information content (AvgIpc) is 2.77. The van der Waals surface area contributed by atoms with Crippen LogP contribution in [0.1, 0.15) is 38.2 Å². The molecule has 0 atom stereocenters. The minimum Gasteiger partial charge on any atom is -0.494 e. The molecule has 0 saturated carbocycles. The highest BCUT2D eigenvalue weighted by atomic mass is 16.5. The third kappa shape index (κ3) is 5.29. The number of hydrogen-bond donors (Lipinski definition) is 1. The topological polar surface area (TPSA) is 50.9 Å². The fourth-order valence-corrected chi connectivity index (χ4v) is 2.66. The minimum atomic E-state index is 0.698. The van der Waals surface area contributed by atoms with Crippen LogP contribution in [-0.4, -0.2) is 37.1 Å². The van der Waals surface area contributed by atoms with E-state index in [1.54, 1.807) is 0 Å². The van der Waals surface area contributed by atoms with Gasteiger partial charge in [-0.15, -0.1) is 0 Å². The first-order valence-electron chi connectivity index (χ1n) is 8.06. The van der Waals surface area contributed by atoms with Crippen LogP contribution in [0, 0.1) is 0 Å². The normalized spacial score (nSPS) is 16.6. The smallest absolute Gasteiger partial charge is 0.191 e. The molecule has 21 heavy (non-hydrogen) atoms. The lowest BCUT2D eigenvalue weighted by Crippen LogP contribution is -2.38. The molecule has 1 aliphatic heterocycles. The largest absolute Gasteiger partial charge is 0.494 e. The lowest BCUT2D eigenvalue weighted by Gasteiger charge is -2.21. The molecule has 0 unspecified atom stereocenters. The van der Waals surface area contributed by atoms with E-state index in [-0.39, 0.29) is 0 Å². The molecule has 0 radical (unpaired) electrons. The first-order chi connectivity index (χ1) is 10.3. The van der Waals surface area contributed by atoms with Crippen LogP contribution in [0.5, 0.6) is 5.75 Å². The molecule has 2 N–H and O–H groups in total. The van der Waals surface area contributed by atoms with Gasteiger partial charge in [-0.25, -0.2) is 0 Å². The van der Waals surface area contributed by atoms with E-state index in [1.165, 1.54) is 31.2 Å². The molecule has 1 aromatic carbocycles. The van der Waals surface area contributed by atoms with Crippen molar-refractivity contribution in [2.75, 3.05) is 26.2 Å². The predicted octanol–water partition coefficient (Wildman–Crippen LogP) is 2.82. The Morgan fingerprint density at radius 2 is 2.00 bits per heavy atom. The summed E-state index contributed by atoms with van der Waals surface area (Å²) >= 11 is 0. The van der Waals surface area contributed by atoms with Gasteiger partial charge in [-0.1, -0.05) is 25.0 Å². The summed E-state index contributed by atoms with van der Waals surface area (Å²) in [6.07, 6.45) is 5.98. The van der Waals surface area contributed by atoms with Crippen molar-refractivity contribution < 1.29 is 4.74 Å². The number of aliphatic imine (C=N–C) groups is 1. The van der Waals surface area contributed by atoms with E-state index in [2.05, 4.69) is 22.0 Å². The van der Waals surface area contributed by atoms with E-state index in [0.29, 0.717) is 12.6 Å². The van der Waals surface area contributed by atoms with Crippen LogP contribution in [-0.2, 0) is 6.42 Å². The molecular formula is C17H27N3O. The molecule has 4 heteroatoms. The summed E-state index contributed by atoms with van der Waals surface area (Å²) in [5, 5.41) is 0. The molecule has 1 heterocycles. The molecule has 2 rings (SSSR count). The zero-order valence-electron chi connectivity index (χ0n) is 13.1. The number of ether oxygens (including phenoxy) is 1. The Balaban J connectivity index is 1.84. The van der Waals surface area contributed by atoms with Gasteiger partial charge in [0, 0.05) is 19.6 Å². The van der Waals surface area contributed by atoms with Gasteiger partial charge in [0.1, 0.15) is 5.75 Å². The van der Waals surface area contributed by atoms with Gasteiger partial charge in [0.05, 0.1) is 6.61 Å². The molecule has 0 aromatic heterocycles. The van der Waals surface area contributed by atoms with E-state index in [1.807, 2.05) is 19.1 Å². The van der Waals surface area contributed by atoms with E-state index in [9.17, 15) is 0 Å². The molecule has 0 amide bonds. The fourth-order valence-electron chi connectivity index (χ4n) is 2.66. The Morgan fingerprint density at radius 3 is 2.71 bits per heavy atom. The Kier molecular flexibility index (Phi) is 6.38. The lowest BCUT2D eigenvalue weighted by molar-refractivity contribution is 0.340. The first-order valence-corrected chi connectivity index (χ1v) is 8.06.